The van der Waals surface area contributed by atoms with Crippen molar-refractivity contribution in [2.24, 2.45) is 0 Å². The van der Waals surface area contributed by atoms with Crippen molar-refractivity contribution in [2.45, 2.75) is 46.5 Å². The van der Waals surface area contributed by atoms with Crippen molar-refractivity contribution in [3.05, 3.63) is 47.0 Å². The van der Waals surface area contributed by atoms with E-state index in [0.29, 0.717) is 0 Å². The van der Waals surface area contributed by atoms with Gasteiger partial charge in [-0.05, 0) is 47.7 Å². The highest BCUT2D eigenvalue weighted by atomic mass is 16.1. The van der Waals surface area contributed by atoms with Crippen LogP contribution < -0.4 is 0 Å². The SMILES string of the molecule is CCCc1cc2ccc(C(C)=O)cc2cc1CCC. The number of aryl methyl sites for hydroxylation is 2. The molecule has 0 spiro atoms. The first-order valence-corrected chi connectivity index (χ1v) is 7.22. The molecular formula is C18H22O. The summed E-state index contributed by atoms with van der Waals surface area (Å²) >= 11 is 0. The zero-order chi connectivity index (χ0) is 13.8. The van der Waals surface area contributed by atoms with E-state index >= 15 is 0 Å². The molecule has 0 fully saturated rings. The van der Waals surface area contributed by atoms with E-state index in [1.165, 1.54) is 28.3 Å². The third-order valence-corrected chi connectivity index (χ3v) is 3.60. The van der Waals surface area contributed by atoms with Gasteiger partial charge in [-0.15, -0.1) is 0 Å². The van der Waals surface area contributed by atoms with E-state index in [-0.39, 0.29) is 5.78 Å². The second-order valence-corrected chi connectivity index (χ2v) is 5.24. The fourth-order valence-corrected chi connectivity index (χ4v) is 2.62. The van der Waals surface area contributed by atoms with Crippen LogP contribution in [0.5, 0.6) is 0 Å². The molecule has 2 rings (SSSR count). The normalized spacial score (nSPS) is 10.9. The number of ketones is 1. The first-order valence-electron chi connectivity index (χ1n) is 7.22. The Morgan fingerprint density at radius 1 is 0.895 bits per heavy atom. The summed E-state index contributed by atoms with van der Waals surface area (Å²) in [5.41, 5.74) is 3.71. The minimum absolute atomic E-state index is 0.136. The molecule has 2 aromatic rings. The number of rotatable bonds is 5. The summed E-state index contributed by atoms with van der Waals surface area (Å²) in [6.07, 6.45) is 4.59. The summed E-state index contributed by atoms with van der Waals surface area (Å²) in [5, 5.41) is 2.43. The Morgan fingerprint density at radius 2 is 1.47 bits per heavy atom. The van der Waals surface area contributed by atoms with Crippen molar-refractivity contribution in [1.29, 1.82) is 0 Å². The highest BCUT2D eigenvalue weighted by molar-refractivity contribution is 5.98. The van der Waals surface area contributed by atoms with Gasteiger partial charge in [0.2, 0.25) is 0 Å². The molecule has 0 saturated heterocycles. The van der Waals surface area contributed by atoms with Crippen molar-refractivity contribution in [3.63, 3.8) is 0 Å². The van der Waals surface area contributed by atoms with Crippen molar-refractivity contribution in [1.82, 2.24) is 0 Å². The number of fused-ring (bicyclic) bond motifs is 1. The molecule has 0 aliphatic heterocycles. The summed E-state index contributed by atoms with van der Waals surface area (Å²) in [5.74, 6) is 0.136. The average molecular weight is 254 g/mol. The Kier molecular flexibility index (Phi) is 4.36. The average Bonchev–Trinajstić information content (AvgIpc) is 2.39. The number of hydrogen-bond donors (Lipinski definition) is 0. The second-order valence-electron chi connectivity index (χ2n) is 5.24. The lowest BCUT2D eigenvalue weighted by atomic mass is 9.94. The van der Waals surface area contributed by atoms with Crippen molar-refractivity contribution in [3.8, 4) is 0 Å². The van der Waals surface area contributed by atoms with Gasteiger partial charge in [0.1, 0.15) is 0 Å². The van der Waals surface area contributed by atoms with Gasteiger partial charge in [0.25, 0.3) is 0 Å². The van der Waals surface area contributed by atoms with Crippen LogP contribution in [0.1, 0.15) is 55.1 Å². The number of carbonyl (C=O) groups is 1. The lowest BCUT2D eigenvalue weighted by molar-refractivity contribution is 0.101. The van der Waals surface area contributed by atoms with Gasteiger partial charge in [0.15, 0.2) is 5.78 Å². The van der Waals surface area contributed by atoms with Gasteiger partial charge < -0.3 is 0 Å². The molecular weight excluding hydrogens is 232 g/mol. The van der Waals surface area contributed by atoms with E-state index in [1.807, 2.05) is 12.1 Å². The Bertz CT molecular complexity index is 596. The number of benzene rings is 2. The summed E-state index contributed by atoms with van der Waals surface area (Å²) in [6.45, 7) is 6.06. The monoisotopic (exact) mass is 254 g/mol. The molecule has 0 N–H and O–H groups in total. The molecule has 1 heteroatoms. The molecule has 100 valence electrons. The molecule has 0 bridgehead atoms. The maximum Gasteiger partial charge on any atom is 0.159 e. The minimum Gasteiger partial charge on any atom is -0.295 e. The van der Waals surface area contributed by atoms with E-state index in [4.69, 9.17) is 0 Å². The minimum atomic E-state index is 0.136. The largest absolute Gasteiger partial charge is 0.295 e. The maximum absolute atomic E-state index is 11.5. The van der Waals surface area contributed by atoms with Crippen LogP contribution in [0.25, 0.3) is 10.8 Å². The van der Waals surface area contributed by atoms with Crippen LogP contribution in [0.15, 0.2) is 30.3 Å². The lowest BCUT2D eigenvalue weighted by Crippen LogP contribution is -1.96. The third kappa shape index (κ3) is 3.04. The number of hydrogen-bond acceptors (Lipinski definition) is 1. The first kappa shape index (κ1) is 13.8. The van der Waals surface area contributed by atoms with Crippen LogP contribution in [-0.2, 0) is 12.8 Å². The van der Waals surface area contributed by atoms with Crippen LogP contribution in [-0.4, -0.2) is 5.78 Å². The fourth-order valence-electron chi connectivity index (χ4n) is 2.62. The number of Topliss-reactive ketones (excluding diaryl/α,β-unsaturated/α-hetero) is 1. The summed E-state index contributed by atoms with van der Waals surface area (Å²) < 4.78 is 0. The van der Waals surface area contributed by atoms with E-state index in [1.54, 1.807) is 6.92 Å². The predicted octanol–water partition coefficient (Wildman–Crippen LogP) is 4.95. The number of carbonyl (C=O) groups excluding carboxylic acids is 1. The Balaban J connectivity index is 2.56. The Hall–Kier alpha value is -1.63. The first-order chi connectivity index (χ1) is 9.15. The van der Waals surface area contributed by atoms with Crippen LogP contribution in [0, 0.1) is 0 Å². The molecule has 0 amide bonds. The Labute approximate surface area is 115 Å². The van der Waals surface area contributed by atoms with Gasteiger partial charge in [-0.3, -0.25) is 4.79 Å². The molecule has 1 nitrogen and oxygen atoms in total. The molecule has 19 heavy (non-hydrogen) atoms. The maximum atomic E-state index is 11.5. The van der Waals surface area contributed by atoms with Crippen LogP contribution in [0.3, 0.4) is 0 Å². The zero-order valence-corrected chi connectivity index (χ0v) is 12.1. The highest BCUT2D eigenvalue weighted by Gasteiger charge is 2.06. The zero-order valence-electron chi connectivity index (χ0n) is 12.1. The molecule has 0 saturated carbocycles. The smallest absolute Gasteiger partial charge is 0.159 e. The molecule has 0 radical (unpaired) electrons. The molecule has 0 aliphatic rings. The highest BCUT2D eigenvalue weighted by Crippen LogP contribution is 2.24. The van der Waals surface area contributed by atoms with E-state index in [9.17, 15) is 4.79 Å². The molecule has 0 aromatic heterocycles. The second kappa shape index (κ2) is 6.01. The summed E-state index contributed by atoms with van der Waals surface area (Å²) in [7, 11) is 0. The molecule has 0 unspecified atom stereocenters. The van der Waals surface area contributed by atoms with Gasteiger partial charge >= 0.3 is 0 Å². The summed E-state index contributed by atoms with van der Waals surface area (Å²) in [4.78, 5) is 11.5. The van der Waals surface area contributed by atoms with Gasteiger partial charge in [-0.1, -0.05) is 51.0 Å². The predicted molar refractivity (Wildman–Crippen MR) is 81.9 cm³/mol. The Morgan fingerprint density at radius 3 is 2.00 bits per heavy atom. The van der Waals surface area contributed by atoms with Gasteiger partial charge in [0, 0.05) is 5.56 Å². The molecule has 0 atom stereocenters. The van der Waals surface area contributed by atoms with Crippen LogP contribution >= 0.6 is 0 Å². The van der Waals surface area contributed by atoms with Crippen molar-refractivity contribution < 1.29 is 4.79 Å². The summed E-state index contributed by atoms with van der Waals surface area (Å²) in [6, 6.07) is 10.6. The van der Waals surface area contributed by atoms with Crippen LogP contribution in [0.4, 0.5) is 0 Å². The topological polar surface area (TPSA) is 17.1 Å². The van der Waals surface area contributed by atoms with E-state index < -0.39 is 0 Å². The van der Waals surface area contributed by atoms with Gasteiger partial charge in [-0.2, -0.15) is 0 Å². The lowest BCUT2D eigenvalue weighted by Gasteiger charge is -2.11. The van der Waals surface area contributed by atoms with Gasteiger partial charge in [0.05, 0.1) is 0 Å². The van der Waals surface area contributed by atoms with Crippen LogP contribution in [0.2, 0.25) is 0 Å². The fraction of sp³-hybridized carbons (Fsp3) is 0.389. The third-order valence-electron chi connectivity index (χ3n) is 3.60. The quantitative estimate of drug-likeness (QED) is 0.690. The molecule has 0 aliphatic carbocycles. The standard InChI is InChI=1S/C18H22O/c1-4-6-15-11-17-9-8-14(13(3)19)10-18(17)12-16(15)7-5-2/h8-12H,4-7H2,1-3H3. The van der Waals surface area contributed by atoms with Crippen molar-refractivity contribution in [2.75, 3.05) is 0 Å². The van der Waals surface area contributed by atoms with E-state index in [2.05, 4.69) is 32.0 Å². The molecule has 2 aromatic carbocycles. The molecule has 0 heterocycles. The van der Waals surface area contributed by atoms with Gasteiger partial charge in [-0.25, -0.2) is 0 Å². The van der Waals surface area contributed by atoms with Crippen molar-refractivity contribution >= 4 is 16.6 Å². The van der Waals surface area contributed by atoms with E-state index in [0.717, 1.165) is 24.8 Å².